The Bertz CT molecular complexity index is 683. The maximum absolute atomic E-state index is 12.2. The first-order chi connectivity index (χ1) is 11.6. The van der Waals surface area contributed by atoms with Crippen molar-refractivity contribution in [3.8, 4) is 0 Å². The number of nitrogens with one attached hydrogen (secondary N) is 1. The molecule has 0 saturated carbocycles. The van der Waals surface area contributed by atoms with Gasteiger partial charge in [0.15, 0.2) is 0 Å². The van der Waals surface area contributed by atoms with Crippen LogP contribution in [0.15, 0.2) is 42.6 Å². The van der Waals surface area contributed by atoms with E-state index in [-0.39, 0.29) is 6.03 Å². The van der Waals surface area contributed by atoms with Crippen LogP contribution in [0.5, 0.6) is 0 Å². The molecule has 1 aromatic heterocycles. The molecular weight excluding hydrogens is 347 g/mol. The van der Waals surface area contributed by atoms with E-state index >= 15 is 0 Å². The number of anilines is 1. The number of rotatable bonds is 3. The molecule has 2 amide bonds. The van der Waals surface area contributed by atoms with Gasteiger partial charge in [0.05, 0.1) is 12.2 Å². The van der Waals surface area contributed by atoms with Gasteiger partial charge in [-0.2, -0.15) is 0 Å². The van der Waals surface area contributed by atoms with Crippen LogP contribution in [0.2, 0.25) is 10.0 Å². The van der Waals surface area contributed by atoms with Gasteiger partial charge in [-0.1, -0.05) is 29.3 Å². The van der Waals surface area contributed by atoms with Gasteiger partial charge in [-0.05, 0) is 30.3 Å². The highest BCUT2D eigenvalue weighted by Crippen LogP contribution is 2.26. The van der Waals surface area contributed by atoms with Crippen molar-refractivity contribution in [3.05, 3.63) is 58.3 Å². The SMILES string of the molecule is O=C(NCc1ccccn1)N1CCN(c2cc(Cl)cc(Cl)c2)CC1. The summed E-state index contributed by atoms with van der Waals surface area (Å²) in [6.07, 6.45) is 1.72. The van der Waals surface area contributed by atoms with Crippen molar-refractivity contribution in [3.63, 3.8) is 0 Å². The van der Waals surface area contributed by atoms with E-state index in [1.54, 1.807) is 12.3 Å². The van der Waals surface area contributed by atoms with Crippen LogP contribution < -0.4 is 10.2 Å². The molecule has 3 rings (SSSR count). The molecule has 1 aliphatic heterocycles. The van der Waals surface area contributed by atoms with Crippen molar-refractivity contribution in [1.29, 1.82) is 0 Å². The normalized spacial score (nSPS) is 14.6. The summed E-state index contributed by atoms with van der Waals surface area (Å²) in [6.45, 7) is 3.22. The Morgan fingerprint density at radius 3 is 2.42 bits per heavy atom. The van der Waals surface area contributed by atoms with Crippen molar-refractivity contribution < 1.29 is 4.79 Å². The van der Waals surface area contributed by atoms with E-state index in [0.29, 0.717) is 29.7 Å². The quantitative estimate of drug-likeness (QED) is 0.907. The van der Waals surface area contributed by atoms with Gasteiger partial charge in [-0.25, -0.2) is 4.79 Å². The summed E-state index contributed by atoms with van der Waals surface area (Å²) in [4.78, 5) is 20.4. The lowest BCUT2D eigenvalue weighted by Gasteiger charge is -2.36. The fraction of sp³-hybridized carbons (Fsp3) is 0.294. The van der Waals surface area contributed by atoms with E-state index in [1.807, 2.05) is 35.2 Å². The number of halogens is 2. The Hall–Kier alpha value is -1.98. The van der Waals surface area contributed by atoms with Crippen molar-refractivity contribution in [2.75, 3.05) is 31.1 Å². The van der Waals surface area contributed by atoms with E-state index in [0.717, 1.165) is 24.5 Å². The summed E-state index contributed by atoms with van der Waals surface area (Å²) in [5.41, 5.74) is 1.83. The molecule has 126 valence electrons. The zero-order valence-electron chi connectivity index (χ0n) is 13.1. The molecule has 0 bridgehead atoms. The summed E-state index contributed by atoms with van der Waals surface area (Å²) in [5, 5.41) is 4.14. The number of carbonyl (C=O) groups is 1. The summed E-state index contributed by atoms with van der Waals surface area (Å²) >= 11 is 12.1. The molecule has 0 unspecified atom stereocenters. The van der Waals surface area contributed by atoms with E-state index in [4.69, 9.17) is 23.2 Å². The fourth-order valence-electron chi connectivity index (χ4n) is 2.67. The largest absolute Gasteiger partial charge is 0.368 e. The lowest BCUT2D eigenvalue weighted by Crippen LogP contribution is -2.51. The minimum absolute atomic E-state index is 0.0653. The number of carbonyl (C=O) groups excluding carboxylic acids is 1. The average molecular weight is 365 g/mol. The maximum Gasteiger partial charge on any atom is 0.317 e. The lowest BCUT2D eigenvalue weighted by molar-refractivity contribution is 0.194. The average Bonchev–Trinajstić information content (AvgIpc) is 2.60. The van der Waals surface area contributed by atoms with E-state index in [9.17, 15) is 4.79 Å². The topological polar surface area (TPSA) is 48.5 Å². The third-order valence-corrected chi connectivity index (χ3v) is 4.36. The Kier molecular flexibility index (Phi) is 5.43. The van der Waals surface area contributed by atoms with Gasteiger partial charge in [-0.15, -0.1) is 0 Å². The highest BCUT2D eigenvalue weighted by molar-refractivity contribution is 6.35. The lowest BCUT2D eigenvalue weighted by atomic mass is 10.2. The van der Waals surface area contributed by atoms with Gasteiger partial charge >= 0.3 is 6.03 Å². The number of aromatic nitrogens is 1. The van der Waals surface area contributed by atoms with Gasteiger partial charge < -0.3 is 15.1 Å². The van der Waals surface area contributed by atoms with Crippen LogP contribution in [-0.4, -0.2) is 42.1 Å². The molecule has 0 atom stereocenters. The number of piperazine rings is 1. The number of hydrogen-bond donors (Lipinski definition) is 1. The molecule has 0 spiro atoms. The first kappa shape index (κ1) is 16.9. The van der Waals surface area contributed by atoms with Crippen LogP contribution >= 0.6 is 23.2 Å². The zero-order chi connectivity index (χ0) is 16.9. The molecule has 24 heavy (non-hydrogen) atoms. The molecule has 1 aliphatic rings. The van der Waals surface area contributed by atoms with Gasteiger partial charge in [0.1, 0.15) is 0 Å². The van der Waals surface area contributed by atoms with Gasteiger partial charge in [0.25, 0.3) is 0 Å². The summed E-state index contributed by atoms with van der Waals surface area (Å²) < 4.78 is 0. The standard InChI is InChI=1S/C17H18Cl2N4O/c18-13-9-14(19)11-16(10-13)22-5-7-23(8-6-22)17(24)21-12-15-3-1-2-4-20-15/h1-4,9-11H,5-8,12H2,(H,21,24). The third kappa shape index (κ3) is 4.30. The number of pyridine rings is 1. The monoisotopic (exact) mass is 364 g/mol. The number of nitrogens with zero attached hydrogens (tertiary/aromatic N) is 3. The molecule has 1 fully saturated rings. The highest BCUT2D eigenvalue weighted by Gasteiger charge is 2.21. The second-order valence-corrected chi connectivity index (χ2v) is 6.45. The van der Waals surface area contributed by atoms with Gasteiger partial charge in [0.2, 0.25) is 0 Å². The Morgan fingerprint density at radius 2 is 1.79 bits per heavy atom. The number of amides is 2. The number of urea groups is 1. The van der Waals surface area contributed by atoms with Crippen LogP contribution in [0.3, 0.4) is 0 Å². The summed E-state index contributed by atoms with van der Waals surface area (Å²) in [7, 11) is 0. The predicted molar refractivity (Wildman–Crippen MR) is 96.7 cm³/mol. The summed E-state index contributed by atoms with van der Waals surface area (Å²) in [5.74, 6) is 0. The Morgan fingerprint density at radius 1 is 1.08 bits per heavy atom. The Balaban J connectivity index is 1.52. The first-order valence-electron chi connectivity index (χ1n) is 7.75. The minimum atomic E-state index is -0.0653. The van der Waals surface area contributed by atoms with Crippen molar-refractivity contribution in [2.45, 2.75) is 6.54 Å². The Labute approximate surface area is 151 Å². The zero-order valence-corrected chi connectivity index (χ0v) is 14.6. The smallest absolute Gasteiger partial charge is 0.317 e. The van der Waals surface area contributed by atoms with Crippen LogP contribution in [0, 0.1) is 0 Å². The first-order valence-corrected chi connectivity index (χ1v) is 8.51. The molecule has 1 aromatic carbocycles. The van der Waals surface area contributed by atoms with Gasteiger partial charge in [-0.3, -0.25) is 4.98 Å². The van der Waals surface area contributed by atoms with Crippen LogP contribution in [0.4, 0.5) is 10.5 Å². The highest BCUT2D eigenvalue weighted by atomic mass is 35.5. The van der Waals surface area contributed by atoms with Crippen LogP contribution in [0.25, 0.3) is 0 Å². The second kappa shape index (κ2) is 7.73. The van der Waals surface area contributed by atoms with E-state index < -0.39 is 0 Å². The molecule has 1 N–H and O–H groups in total. The van der Waals surface area contributed by atoms with Crippen LogP contribution in [-0.2, 0) is 6.54 Å². The van der Waals surface area contributed by atoms with Crippen molar-refractivity contribution in [1.82, 2.24) is 15.2 Å². The van der Waals surface area contributed by atoms with Gasteiger partial charge in [0, 0.05) is 48.1 Å². The second-order valence-electron chi connectivity index (χ2n) is 5.58. The molecule has 1 saturated heterocycles. The number of hydrogen-bond acceptors (Lipinski definition) is 3. The van der Waals surface area contributed by atoms with Crippen molar-refractivity contribution in [2.24, 2.45) is 0 Å². The summed E-state index contributed by atoms with van der Waals surface area (Å²) in [6, 6.07) is 11.1. The molecule has 7 heteroatoms. The van der Waals surface area contributed by atoms with E-state index in [1.165, 1.54) is 0 Å². The fourth-order valence-corrected chi connectivity index (χ4v) is 3.18. The van der Waals surface area contributed by atoms with E-state index in [2.05, 4.69) is 15.2 Å². The third-order valence-electron chi connectivity index (χ3n) is 3.93. The molecule has 2 aromatic rings. The molecule has 2 heterocycles. The molecular formula is C17H18Cl2N4O. The predicted octanol–water partition coefficient (Wildman–Crippen LogP) is 3.42. The molecule has 5 nitrogen and oxygen atoms in total. The molecule has 0 aliphatic carbocycles. The van der Waals surface area contributed by atoms with Crippen LogP contribution in [0.1, 0.15) is 5.69 Å². The maximum atomic E-state index is 12.2. The van der Waals surface area contributed by atoms with Crippen molar-refractivity contribution >= 4 is 34.9 Å². The minimum Gasteiger partial charge on any atom is -0.368 e. The molecule has 0 radical (unpaired) electrons. The number of benzene rings is 1.